The number of carboxylic acids is 1. The number of carboxylic acid groups (broad SMARTS) is 1. The molecule has 0 bridgehead atoms. The summed E-state index contributed by atoms with van der Waals surface area (Å²) in [6.07, 6.45) is 2.94. The van der Waals surface area contributed by atoms with E-state index < -0.39 is 17.4 Å². The van der Waals surface area contributed by atoms with Crippen LogP contribution in [0.3, 0.4) is 0 Å². The second-order valence-electron chi connectivity index (χ2n) is 5.85. The number of carbonyl (C=O) groups excluding carboxylic acids is 1. The number of hydrogen-bond acceptors (Lipinski definition) is 4. The van der Waals surface area contributed by atoms with Crippen molar-refractivity contribution < 1.29 is 24.5 Å². The van der Waals surface area contributed by atoms with Gasteiger partial charge in [-0.2, -0.15) is 0 Å². The largest absolute Gasteiger partial charge is 0.507 e. The first kappa shape index (κ1) is 18.5. The SMILES string of the molecule is CC(C)(Oc1ccc(C(=O)C=Cc2ccc(Cl)cc2)c(O)c1)C(=O)O. The first-order chi connectivity index (χ1) is 11.7. The molecule has 0 atom stereocenters. The molecule has 5 nitrogen and oxygen atoms in total. The highest BCUT2D eigenvalue weighted by Gasteiger charge is 2.29. The van der Waals surface area contributed by atoms with Crippen molar-refractivity contribution in [2.45, 2.75) is 19.4 Å². The number of halogens is 1. The number of benzene rings is 2. The van der Waals surface area contributed by atoms with Crippen molar-refractivity contribution in [1.29, 1.82) is 0 Å². The lowest BCUT2D eigenvalue weighted by molar-refractivity contribution is -0.152. The minimum atomic E-state index is -1.45. The van der Waals surface area contributed by atoms with Gasteiger partial charge in [0.15, 0.2) is 11.4 Å². The number of rotatable bonds is 6. The first-order valence-electron chi connectivity index (χ1n) is 7.42. The van der Waals surface area contributed by atoms with Gasteiger partial charge in [-0.05, 0) is 49.8 Å². The third-order valence-electron chi connectivity index (χ3n) is 3.42. The van der Waals surface area contributed by atoms with Crippen LogP contribution < -0.4 is 4.74 Å². The Morgan fingerprint density at radius 1 is 1.12 bits per heavy atom. The molecule has 130 valence electrons. The van der Waals surface area contributed by atoms with Crippen LogP contribution in [0.15, 0.2) is 48.5 Å². The fourth-order valence-electron chi connectivity index (χ4n) is 1.96. The number of allylic oxidation sites excluding steroid dienone is 1. The molecule has 0 spiro atoms. The molecule has 0 radical (unpaired) electrons. The summed E-state index contributed by atoms with van der Waals surface area (Å²) >= 11 is 5.80. The van der Waals surface area contributed by atoms with Crippen LogP contribution in [0.25, 0.3) is 6.08 Å². The Labute approximate surface area is 150 Å². The van der Waals surface area contributed by atoms with E-state index in [2.05, 4.69) is 0 Å². The van der Waals surface area contributed by atoms with Gasteiger partial charge in [-0.3, -0.25) is 4.79 Å². The van der Waals surface area contributed by atoms with Gasteiger partial charge in [0.05, 0.1) is 5.56 Å². The molecule has 0 aliphatic heterocycles. The lowest BCUT2D eigenvalue weighted by Gasteiger charge is -2.21. The van der Waals surface area contributed by atoms with Crippen LogP contribution >= 0.6 is 11.6 Å². The average Bonchev–Trinajstić information content (AvgIpc) is 2.53. The van der Waals surface area contributed by atoms with Crippen molar-refractivity contribution in [3.63, 3.8) is 0 Å². The fourth-order valence-corrected chi connectivity index (χ4v) is 2.08. The van der Waals surface area contributed by atoms with Gasteiger partial charge in [0.2, 0.25) is 0 Å². The maximum Gasteiger partial charge on any atom is 0.347 e. The van der Waals surface area contributed by atoms with E-state index >= 15 is 0 Å². The second kappa shape index (κ2) is 7.40. The van der Waals surface area contributed by atoms with Crippen LogP contribution in [0.2, 0.25) is 5.02 Å². The quantitative estimate of drug-likeness (QED) is 0.596. The monoisotopic (exact) mass is 360 g/mol. The van der Waals surface area contributed by atoms with Crippen LogP contribution in [0, 0.1) is 0 Å². The highest BCUT2D eigenvalue weighted by molar-refractivity contribution is 6.30. The summed E-state index contributed by atoms with van der Waals surface area (Å²) in [5.74, 6) is -1.66. The predicted octanol–water partition coefficient (Wildman–Crippen LogP) is 4.18. The summed E-state index contributed by atoms with van der Waals surface area (Å²) in [4.78, 5) is 23.3. The van der Waals surface area contributed by atoms with E-state index in [-0.39, 0.29) is 17.1 Å². The topological polar surface area (TPSA) is 83.8 Å². The number of aliphatic carboxylic acids is 1. The molecule has 25 heavy (non-hydrogen) atoms. The summed E-state index contributed by atoms with van der Waals surface area (Å²) < 4.78 is 5.32. The summed E-state index contributed by atoms with van der Waals surface area (Å²) in [5.41, 5.74) is -0.571. The smallest absolute Gasteiger partial charge is 0.347 e. The van der Waals surface area contributed by atoms with E-state index in [9.17, 15) is 14.7 Å². The molecule has 0 saturated carbocycles. The molecule has 0 heterocycles. The zero-order valence-electron chi connectivity index (χ0n) is 13.7. The van der Waals surface area contributed by atoms with Gasteiger partial charge >= 0.3 is 5.97 Å². The summed E-state index contributed by atoms with van der Waals surface area (Å²) in [7, 11) is 0. The molecule has 2 rings (SSSR count). The lowest BCUT2D eigenvalue weighted by Crippen LogP contribution is -2.37. The van der Waals surface area contributed by atoms with Gasteiger partial charge < -0.3 is 14.9 Å². The molecule has 0 unspecified atom stereocenters. The van der Waals surface area contributed by atoms with Gasteiger partial charge in [-0.25, -0.2) is 4.79 Å². The van der Waals surface area contributed by atoms with Crippen molar-refractivity contribution in [2.24, 2.45) is 0 Å². The highest BCUT2D eigenvalue weighted by atomic mass is 35.5. The maximum atomic E-state index is 12.2. The Morgan fingerprint density at radius 3 is 2.32 bits per heavy atom. The Balaban J connectivity index is 2.15. The third-order valence-corrected chi connectivity index (χ3v) is 3.67. The molecule has 6 heteroatoms. The van der Waals surface area contributed by atoms with Crippen molar-refractivity contribution in [3.8, 4) is 11.5 Å². The van der Waals surface area contributed by atoms with E-state index in [4.69, 9.17) is 21.4 Å². The van der Waals surface area contributed by atoms with Crippen molar-refractivity contribution in [2.75, 3.05) is 0 Å². The summed E-state index contributed by atoms with van der Waals surface area (Å²) in [6, 6.07) is 11.0. The van der Waals surface area contributed by atoms with E-state index in [1.165, 1.54) is 38.1 Å². The molecule has 2 aromatic rings. The molecule has 2 aromatic carbocycles. The molecule has 0 saturated heterocycles. The number of phenols is 1. The number of ether oxygens (including phenoxy) is 1. The number of hydrogen-bond donors (Lipinski definition) is 2. The Kier molecular flexibility index (Phi) is 5.49. The minimum Gasteiger partial charge on any atom is -0.507 e. The molecule has 0 aliphatic carbocycles. The molecular weight excluding hydrogens is 344 g/mol. The van der Waals surface area contributed by atoms with Crippen LogP contribution in [0.5, 0.6) is 11.5 Å². The Morgan fingerprint density at radius 2 is 1.76 bits per heavy atom. The molecule has 0 amide bonds. The van der Waals surface area contributed by atoms with E-state index in [1.807, 2.05) is 0 Å². The van der Waals surface area contributed by atoms with E-state index in [0.717, 1.165) is 5.56 Å². The first-order valence-corrected chi connectivity index (χ1v) is 7.80. The zero-order chi connectivity index (χ0) is 18.6. The van der Waals surface area contributed by atoms with Crippen LogP contribution in [-0.4, -0.2) is 27.6 Å². The van der Waals surface area contributed by atoms with Gasteiger partial charge in [-0.15, -0.1) is 0 Å². The molecule has 2 N–H and O–H groups in total. The number of aromatic hydroxyl groups is 1. The summed E-state index contributed by atoms with van der Waals surface area (Å²) in [6.45, 7) is 2.78. The van der Waals surface area contributed by atoms with Crippen LogP contribution in [0.1, 0.15) is 29.8 Å². The van der Waals surface area contributed by atoms with E-state index in [0.29, 0.717) is 5.02 Å². The van der Waals surface area contributed by atoms with Gasteiger partial charge in [0.1, 0.15) is 11.5 Å². The average molecular weight is 361 g/mol. The predicted molar refractivity (Wildman–Crippen MR) is 95.3 cm³/mol. The van der Waals surface area contributed by atoms with Crippen LogP contribution in [-0.2, 0) is 4.79 Å². The van der Waals surface area contributed by atoms with Crippen molar-refractivity contribution in [3.05, 3.63) is 64.7 Å². The van der Waals surface area contributed by atoms with Crippen LogP contribution in [0.4, 0.5) is 0 Å². The van der Waals surface area contributed by atoms with Gasteiger partial charge in [0.25, 0.3) is 0 Å². The fraction of sp³-hybridized carbons (Fsp3) is 0.158. The number of carbonyl (C=O) groups is 2. The van der Waals surface area contributed by atoms with Gasteiger partial charge in [0, 0.05) is 11.1 Å². The molecule has 0 aliphatic rings. The molecule has 0 aromatic heterocycles. The normalized spacial score (nSPS) is 11.5. The van der Waals surface area contributed by atoms with E-state index in [1.54, 1.807) is 30.3 Å². The van der Waals surface area contributed by atoms with Crippen molar-refractivity contribution >= 4 is 29.4 Å². The second-order valence-corrected chi connectivity index (χ2v) is 6.28. The minimum absolute atomic E-state index is 0.0886. The number of ketones is 1. The van der Waals surface area contributed by atoms with Gasteiger partial charge in [-0.1, -0.05) is 29.8 Å². The molecule has 0 fully saturated rings. The highest BCUT2D eigenvalue weighted by Crippen LogP contribution is 2.27. The number of phenolic OH excluding ortho intramolecular Hbond substituents is 1. The third kappa shape index (κ3) is 4.84. The Bertz CT molecular complexity index is 822. The standard InChI is InChI=1S/C19H17ClO5/c1-19(2,18(23)24)25-14-8-9-15(17(22)11-14)16(21)10-5-12-3-6-13(20)7-4-12/h3-11,22H,1-2H3,(H,23,24). The lowest BCUT2D eigenvalue weighted by atomic mass is 10.1. The Hall–Kier alpha value is -2.79. The maximum absolute atomic E-state index is 12.2. The zero-order valence-corrected chi connectivity index (χ0v) is 14.4. The summed E-state index contributed by atoms with van der Waals surface area (Å²) in [5, 5.41) is 19.7. The van der Waals surface area contributed by atoms with Crippen molar-refractivity contribution in [1.82, 2.24) is 0 Å². The molecular formula is C19H17ClO5.